The molecule has 94 valence electrons. The molecule has 0 bridgehead atoms. The van der Waals surface area contributed by atoms with E-state index in [-0.39, 0.29) is 0 Å². The maximum absolute atomic E-state index is 10.1. The summed E-state index contributed by atoms with van der Waals surface area (Å²) in [5.41, 5.74) is 2.23. The van der Waals surface area contributed by atoms with Crippen molar-refractivity contribution in [1.82, 2.24) is 4.90 Å². The molecule has 0 aliphatic carbocycles. The van der Waals surface area contributed by atoms with Crippen molar-refractivity contribution < 1.29 is 5.11 Å². The smallest absolute Gasteiger partial charge is 0.0916 e. The highest BCUT2D eigenvalue weighted by atomic mass is 16.3. The second-order valence-corrected chi connectivity index (χ2v) is 4.61. The fraction of sp³-hybridized carbons (Fsp3) is 0.250. The minimum Gasteiger partial charge on any atom is -0.387 e. The van der Waals surface area contributed by atoms with Crippen LogP contribution in [0.2, 0.25) is 0 Å². The van der Waals surface area contributed by atoms with E-state index in [1.165, 1.54) is 5.56 Å². The number of aliphatic hydroxyl groups excluding tert-OH is 1. The van der Waals surface area contributed by atoms with Crippen molar-refractivity contribution in [3.05, 3.63) is 71.8 Å². The average Bonchev–Trinajstić information content (AvgIpc) is 2.40. The molecule has 0 aliphatic heterocycles. The third-order valence-electron chi connectivity index (χ3n) is 2.96. The van der Waals surface area contributed by atoms with Gasteiger partial charge in [0.05, 0.1) is 6.10 Å². The van der Waals surface area contributed by atoms with Crippen molar-refractivity contribution in [1.29, 1.82) is 0 Å². The Hall–Kier alpha value is -1.64. The van der Waals surface area contributed by atoms with Crippen molar-refractivity contribution in [3.63, 3.8) is 0 Å². The normalized spacial score (nSPS) is 12.6. The van der Waals surface area contributed by atoms with Gasteiger partial charge in [-0.1, -0.05) is 60.7 Å². The van der Waals surface area contributed by atoms with Gasteiger partial charge in [-0.2, -0.15) is 0 Å². The Morgan fingerprint density at radius 3 is 2.11 bits per heavy atom. The summed E-state index contributed by atoms with van der Waals surface area (Å²) in [4.78, 5) is 2.13. The van der Waals surface area contributed by atoms with Crippen LogP contribution in [0.15, 0.2) is 60.7 Å². The van der Waals surface area contributed by atoms with Crippen molar-refractivity contribution >= 4 is 0 Å². The van der Waals surface area contributed by atoms with E-state index in [4.69, 9.17) is 0 Å². The summed E-state index contributed by atoms with van der Waals surface area (Å²) >= 11 is 0. The Balaban J connectivity index is 1.90. The third kappa shape index (κ3) is 3.69. The molecule has 0 saturated carbocycles. The Bertz CT molecular complexity index is 455. The van der Waals surface area contributed by atoms with Gasteiger partial charge in [0.1, 0.15) is 0 Å². The quantitative estimate of drug-likeness (QED) is 0.870. The lowest BCUT2D eigenvalue weighted by Crippen LogP contribution is -2.24. The fourth-order valence-corrected chi connectivity index (χ4v) is 2.04. The number of hydrogen-bond donors (Lipinski definition) is 1. The van der Waals surface area contributed by atoms with Crippen LogP contribution >= 0.6 is 0 Å². The summed E-state index contributed by atoms with van der Waals surface area (Å²) in [5.74, 6) is 0. The molecule has 0 fully saturated rings. The summed E-state index contributed by atoms with van der Waals surface area (Å²) < 4.78 is 0. The van der Waals surface area contributed by atoms with E-state index in [2.05, 4.69) is 17.0 Å². The summed E-state index contributed by atoms with van der Waals surface area (Å²) in [6.45, 7) is 1.49. The Morgan fingerprint density at radius 2 is 1.50 bits per heavy atom. The summed E-state index contributed by atoms with van der Waals surface area (Å²) in [7, 11) is 2.03. The number of hydrogen-bond acceptors (Lipinski definition) is 2. The highest BCUT2D eigenvalue weighted by Gasteiger charge is 2.10. The van der Waals surface area contributed by atoms with Crippen LogP contribution in [-0.4, -0.2) is 23.6 Å². The van der Waals surface area contributed by atoms with Gasteiger partial charge in [0.15, 0.2) is 0 Å². The van der Waals surface area contributed by atoms with Gasteiger partial charge in [-0.15, -0.1) is 0 Å². The van der Waals surface area contributed by atoms with Crippen LogP contribution in [0.4, 0.5) is 0 Å². The maximum Gasteiger partial charge on any atom is 0.0916 e. The van der Waals surface area contributed by atoms with Gasteiger partial charge in [-0.3, -0.25) is 4.90 Å². The topological polar surface area (TPSA) is 23.5 Å². The Labute approximate surface area is 109 Å². The van der Waals surface area contributed by atoms with Crippen LogP contribution < -0.4 is 0 Å². The SMILES string of the molecule is CN(Cc1ccccc1)C[C@@H](O)c1ccccc1. The molecule has 2 nitrogen and oxygen atoms in total. The van der Waals surface area contributed by atoms with E-state index >= 15 is 0 Å². The Morgan fingerprint density at radius 1 is 0.944 bits per heavy atom. The van der Waals surface area contributed by atoms with Crippen molar-refractivity contribution in [2.24, 2.45) is 0 Å². The van der Waals surface area contributed by atoms with E-state index in [9.17, 15) is 5.11 Å². The number of aliphatic hydroxyl groups is 1. The molecular formula is C16H19NO. The molecule has 0 amide bonds. The molecule has 2 aromatic rings. The molecule has 2 heteroatoms. The molecule has 0 saturated heterocycles. The molecule has 0 radical (unpaired) electrons. The standard InChI is InChI=1S/C16H19NO/c1-17(12-14-8-4-2-5-9-14)13-16(18)15-10-6-3-7-11-15/h2-11,16,18H,12-13H2,1H3/t16-/m1/s1. The van der Waals surface area contributed by atoms with Gasteiger partial charge in [0.2, 0.25) is 0 Å². The molecule has 2 rings (SSSR count). The van der Waals surface area contributed by atoms with Crippen molar-refractivity contribution in [2.75, 3.05) is 13.6 Å². The molecule has 18 heavy (non-hydrogen) atoms. The minimum absolute atomic E-state index is 0.431. The van der Waals surface area contributed by atoms with Gasteiger partial charge in [0.25, 0.3) is 0 Å². The van der Waals surface area contributed by atoms with Crippen LogP contribution in [0.1, 0.15) is 17.2 Å². The number of likely N-dealkylation sites (N-methyl/N-ethyl adjacent to an activating group) is 1. The van der Waals surface area contributed by atoms with Gasteiger partial charge in [0, 0.05) is 13.1 Å². The summed E-state index contributed by atoms with van der Waals surface area (Å²) in [6.07, 6.45) is -0.431. The average molecular weight is 241 g/mol. The van der Waals surface area contributed by atoms with Crippen LogP contribution in [0.25, 0.3) is 0 Å². The fourth-order valence-electron chi connectivity index (χ4n) is 2.04. The first-order valence-electron chi connectivity index (χ1n) is 6.21. The second-order valence-electron chi connectivity index (χ2n) is 4.61. The first kappa shape index (κ1) is 12.8. The Kier molecular flexibility index (Phi) is 4.51. The van der Waals surface area contributed by atoms with Crippen molar-refractivity contribution in [2.45, 2.75) is 12.6 Å². The van der Waals surface area contributed by atoms with Gasteiger partial charge in [-0.25, -0.2) is 0 Å². The monoisotopic (exact) mass is 241 g/mol. The molecule has 0 heterocycles. The first-order chi connectivity index (χ1) is 8.75. The lowest BCUT2D eigenvalue weighted by atomic mass is 10.1. The molecule has 0 unspecified atom stereocenters. The van der Waals surface area contributed by atoms with Crippen molar-refractivity contribution in [3.8, 4) is 0 Å². The molecule has 1 N–H and O–H groups in total. The van der Waals surface area contributed by atoms with Gasteiger partial charge < -0.3 is 5.11 Å². The molecule has 1 atom stereocenters. The molecule has 0 aliphatic rings. The lowest BCUT2D eigenvalue weighted by molar-refractivity contribution is 0.124. The predicted molar refractivity (Wildman–Crippen MR) is 74.2 cm³/mol. The predicted octanol–water partition coefficient (Wildman–Crippen LogP) is 2.85. The van der Waals surface area contributed by atoms with E-state index in [1.54, 1.807) is 0 Å². The maximum atomic E-state index is 10.1. The van der Waals surface area contributed by atoms with Gasteiger partial charge in [-0.05, 0) is 18.2 Å². The lowest BCUT2D eigenvalue weighted by Gasteiger charge is -2.20. The van der Waals surface area contributed by atoms with Crippen LogP contribution in [-0.2, 0) is 6.54 Å². The summed E-state index contributed by atoms with van der Waals surface area (Å²) in [6, 6.07) is 20.1. The largest absolute Gasteiger partial charge is 0.387 e. The van der Waals surface area contributed by atoms with E-state index in [0.717, 1.165) is 12.1 Å². The molecule has 0 spiro atoms. The second kappa shape index (κ2) is 6.34. The highest BCUT2D eigenvalue weighted by Crippen LogP contribution is 2.14. The van der Waals surface area contributed by atoms with E-state index in [0.29, 0.717) is 6.54 Å². The molecule has 2 aromatic carbocycles. The van der Waals surface area contributed by atoms with Crippen LogP contribution in [0, 0.1) is 0 Å². The molecule has 0 aromatic heterocycles. The van der Waals surface area contributed by atoms with Crippen LogP contribution in [0.3, 0.4) is 0 Å². The van der Waals surface area contributed by atoms with E-state index in [1.807, 2.05) is 55.6 Å². The zero-order valence-electron chi connectivity index (χ0n) is 10.7. The first-order valence-corrected chi connectivity index (χ1v) is 6.21. The zero-order chi connectivity index (χ0) is 12.8. The highest BCUT2D eigenvalue weighted by molar-refractivity contribution is 5.18. The van der Waals surface area contributed by atoms with Gasteiger partial charge >= 0.3 is 0 Å². The molecular weight excluding hydrogens is 222 g/mol. The van der Waals surface area contributed by atoms with Crippen LogP contribution in [0.5, 0.6) is 0 Å². The third-order valence-corrected chi connectivity index (χ3v) is 2.96. The van der Waals surface area contributed by atoms with E-state index < -0.39 is 6.10 Å². The minimum atomic E-state index is -0.431. The number of nitrogens with zero attached hydrogens (tertiary/aromatic N) is 1. The number of benzene rings is 2. The number of rotatable bonds is 5. The zero-order valence-corrected chi connectivity index (χ0v) is 10.7. The summed E-state index contributed by atoms with van der Waals surface area (Å²) in [5, 5.41) is 10.1.